The molecule has 0 bridgehead atoms. The topological polar surface area (TPSA) is 57.8 Å². The Kier molecular flexibility index (Phi) is 4.71. The molecule has 2 N–H and O–H groups in total. The fraction of sp³-hybridized carbons (Fsp3) is 0.529. The molecule has 4 nitrogen and oxygen atoms in total. The van der Waals surface area contributed by atoms with Crippen LogP contribution >= 0.6 is 11.8 Å². The van der Waals surface area contributed by atoms with Crippen molar-refractivity contribution in [2.75, 3.05) is 5.75 Å². The number of fused-ring (bicyclic) bond motifs is 1. The standard InChI is InChI=1S/C17H23N3OS/c1-11-6-5-9-13(12(11)2)18-16(21)10-22-17-19-14-7-3-4-8-15(14)20-17/h3-4,7-8,11-13H,5-6,9-10H2,1-2H3,(H,18,21)(H,19,20)/t11-,12+,13-/m1/s1. The van der Waals surface area contributed by atoms with Crippen LogP contribution in [0.25, 0.3) is 11.0 Å². The zero-order chi connectivity index (χ0) is 15.5. The Morgan fingerprint density at radius 3 is 3.00 bits per heavy atom. The van der Waals surface area contributed by atoms with Gasteiger partial charge in [0.05, 0.1) is 16.8 Å². The lowest BCUT2D eigenvalue weighted by Crippen LogP contribution is -2.44. The van der Waals surface area contributed by atoms with E-state index in [9.17, 15) is 4.79 Å². The molecule has 3 atom stereocenters. The maximum atomic E-state index is 12.2. The minimum absolute atomic E-state index is 0.108. The molecule has 1 fully saturated rings. The minimum Gasteiger partial charge on any atom is -0.352 e. The predicted octanol–water partition coefficient (Wildman–Crippen LogP) is 3.60. The highest BCUT2D eigenvalue weighted by atomic mass is 32.2. The fourth-order valence-electron chi connectivity index (χ4n) is 3.17. The maximum Gasteiger partial charge on any atom is 0.230 e. The summed E-state index contributed by atoms with van der Waals surface area (Å²) in [5, 5.41) is 4.01. The zero-order valence-electron chi connectivity index (χ0n) is 13.1. The monoisotopic (exact) mass is 317 g/mol. The van der Waals surface area contributed by atoms with Gasteiger partial charge in [0.1, 0.15) is 0 Å². The molecule has 2 aromatic rings. The van der Waals surface area contributed by atoms with Gasteiger partial charge < -0.3 is 10.3 Å². The van der Waals surface area contributed by atoms with Crippen molar-refractivity contribution in [3.05, 3.63) is 24.3 Å². The summed E-state index contributed by atoms with van der Waals surface area (Å²) in [5.74, 6) is 1.78. The van der Waals surface area contributed by atoms with Crippen LogP contribution in [0, 0.1) is 11.8 Å². The Balaban J connectivity index is 1.53. The Bertz CT molecular complexity index is 621. The van der Waals surface area contributed by atoms with Gasteiger partial charge in [0, 0.05) is 6.04 Å². The van der Waals surface area contributed by atoms with Crippen molar-refractivity contribution < 1.29 is 4.79 Å². The summed E-state index contributed by atoms with van der Waals surface area (Å²) in [5.41, 5.74) is 1.96. The van der Waals surface area contributed by atoms with E-state index < -0.39 is 0 Å². The lowest BCUT2D eigenvalue weighted by molar-refractivity contribution is -0.120. The van der Waals surface area contributed by atoms with Gasteiger partial charge in [-0.3, -0.25) is 4.79 Å². The van der Waals surface area contributed by atoms with E-state index in [0.717, 1.165) is 22.6 Å². The van der Waals surface area contributed by atoms with E-state index in [1.165, 1.54) is 24.6 Å². The van der Waals surface area contributed by atoms with Crippen molar-refractivity contribution in [1.82, 2.24) is 15.3 Å². The van der Waals surface area contributed by atoms with Crippen molar-refractivity contribution in [2.45, 2.75) is 44.3 Å². The van der Waals surface area contributed by atoms with Gasteiger partial charge in [-0.05, 0) is 30.4 Å². The highest BCUT2D eigenvalue weighted by Gasteiger charge is 2.28. The van der Waals surface area contributed by atoms with Crippen molar-refractivity contribution in [2.24, 2.45) is 11.8 Å². The number of carbonyl (C=O) groups is 1. The first-order valence-corrected chi connectivity index (χ1v) is 8.99. The molecule has 1 heterocycles. The van der Waals surface area contributed by atoms with Gasteiger partial charge in [-0.2, -0.15) is 0 Å². The van der Waals surface area contributed by atoms with Crippen LogP contribution in [0.1, 0.15) is 33.1 Å². The van der Waals surface area contributed by atoms with Gasteiger partial charge in [-0.1, -0.05) is 50.6 Å². The van der Waals surface area contributed by atoms with E-state index in [1.54, 1.807) is 0 Å². The van der Waals surface area contributed by atoms with E-state index in [-0.39, 0.29) is 5.91 Å². The zero-order valence-corrected chi connectivity index (χ0v) is 14.0. The van der Waals surface area contributed by atoms with Crippen LogP contribution < -0.4 is 5.32 Å². The first kappa shape index (κ1) is 15.4. The van der Waals surface area contributed by atoms with Crippen LogP contribution in [-0.2, 0) is 4.79 Å². The summed E-state index contributed by atoms with van der Waals surface area (Å²) in [4.78, 5) is 19.9. The molecule has 0 spiro atoms. The maximum absolute atomic E-state index is 12.2. The normalized spacial score (nSPS) is 25.3. The number of aromatic nitrogens is 2. The average Bonchev–Trinajstić information content (AvgIpc) is 2.93. The third kappa shape index (κ3) is 3.46. The number of para-hydroxylation sites is 2. The van der Waals surface area contributed by atoms with Crippen LogP contribution in [0.15, 0.2) is 29.4 Å². The summed E-state index contributed by atoms with van der Waals surface area (Å²) >= 11 is 1.47. The molecular weight excluding hydrogens is 294 g/mol. The molecule has 1 amide bonds. The quantitative estimate of drug-likeness (QED) is 0.847. The highest BCUT2D eigenvalue weighted by Crippen LogP contribution is 2.29. The number of thioether (sulfide) groups is 1. The number of rotatable bonds is 4. The lowest BCUT2D eigenvalue weighted by Gasteiger charge is -2.34. The van der Waals surface area contributed by atoms with E-state index in [0.29, 0.717) is 23.6 Å². The number of hydrogen-bond donors (Lipinski definition) is 2. The van der Waals surface area contributed by atoms with Crippen molar-refractivity contribution in [3.63, 3.8) is 0 Å². The molecule has 5 heteroatoms. The smallest absolute Gasteiger partial charge is 0.230 e. The van der Waals surface area contributed by atoms with Gasteiger partial charge in [-0.15, -0.1) is 0 Å². The second kappa shape index (κ2) is 6.73. The van der Waals surface area contributed by atoms with E-state index in [4.69, 9.17) is 0 Å². The molecule has 1 aromatic heterocycles. The predicted molar refractivity (Wildman–Crippen MR) is 90.9 cm³/mol. The van der Waals surface area contributed by atoms with Crippen LogP contribution in [0.5, 0.6) is 0 Å². The molecule has 3 rings (SSSR count). The minimum atomic E-state index is 0.108. The second-order valence-electron chi connectivity index (χ2n) is 6.29. The molecular formula is C17H23N3OS. The number of nitrogens with one attached hydrogen (secondary N) is 2. The van der Waals surface area contributed by atoms with Crippen LogP contribution in [0.4, 0.5) is 0 Å². The number of amides is 1. The van der Waals surface area contributed by atoms with Gasteiger partial charge in [-0.25, -0.2) is 4.98 Å². The summed E-state index contributed by atoms with van der Waals surface area (Å²) in [6, 6.07) is 8.24. The molecule has 1 saturated carbocycles. The van der Waals surface area contributed by atoms with Gasteiger partial charge >= 0.3 is 0 Å². The van der Waals surface area contributed by atoms with Gasteiger partial charge in [0.2, 0.25) is 5.91 Å². The summed E-state index contributed by atoms with van der Waals surface area (Å²) in [7, 11) is 0. The number of imidazole rings is 1. The van der Waals surface area contributed by atoms with Crippen LogP contribution in [0.2, 0.25) is 0 Å². The second-order valence-corrected chi connectivity index (χ2v) is 7.25. The lowest BCUT2D eigenvalue weighted by atomic mass is 9.78. The van der Waals surface area contributed by atoms with E-state index in [2.05, 4.69) is 29.1 Å². The van der Waals surface area contributed by atoms with Crippen LogP contribution in [-0.4, -0.2) is 27.7 Å². The van der Waals surface area contributed by atoms with Gasteiger partial charge in [0.15, 0.2) is 5.16 Å². The summed E-state index contributed by atoms with van der Waals surface area (Å²) < 4.78 is 0. The molecule has 118 valence electrons. The van der Waals surface area contributed by atoms with Crippen molar-refractivity contribution in [1.29, 1.82) is 0 Å². The number of aromatic amines is 1. The number of H-pyrrole nitrogens is 1. The van der Waals surface area contributed by atoms with E-state index >= 15 is 0 Å². The molecule has 22 heavy (non-hydrogen) atoms. The highest BCUT2D eigenvalue weighted by molar-refractivity contribution is 7.99. The molecule has 0 unspecified atom stereocenters. The van der Waals surface area contributed by atoms with Crippen molar-refractivity contribution in [3.8, 4) is 0 Å². The molecule has 0 aliphatic heterocycles. The van der Waals surface area contributed by atoms with Gasteiger partial charge in [0.25, 0.3) is 0 Å². The SMILES string of the molecule is C[C@H]1[C@H](C)CCC[C@H]1NC(=O)CSc1nc2ccccc2[nH]1. The Morgan fingerprint density at radius 1 is 1.36 bits per heavy atom. The molecule has 1 aliphatic rings. The molecule has 0 radical (unpaired) electrons. The molecule has 1 aliphatic carbocycles. The first-order valence-electron chi connectivity index (χ1n) is 8.00. The third-order valence-corrected chi connectivity index (χ3v) is 5.63. The number of hydrogen-bond acceptors (Lipinski definition) is 3. The molecule has 1 aromatic carbocycles. The fourth-order valence-corrected chi connectivity index (χ4v) is 3.86. The Hall–Kier alpha value is -1.49. The first-order chi connectivity index (χ1) is 10.6. The summed E-state index contributed by atoms with van der Waals surface area (Å²) in [6.45, 7) is 4.54. The third-order valence-electron chi connectivity index (χ3n) is 4.76. The average molecular weight is 317 g/mol. The summed E-state index contributed by atoms with van der Waals surface area (Å²) in [6.07, 6.45) is 3.60. The van der Waals surface area contributed by atoms with Crippen LogP contribution in [0.3, 0.4) is 0 Å². The van der Waals surface area contributed by atoms with Crippen molar-refractivity contribution >= 4 is 28.7 Å². The molecule has 0 saturated heterocycles. The number of carbonyl (C=O) groups excluding carboxylic acids is 1. The van der Waals surface area contributed by atoms with E-state index in [1.807, 2.05) is 24.3 Å². The Labute approximate surface area is 135 Å². The Morgan fingerprint density at radius 2 is 2.18 bits per heavy atom. The number of nitrogens with zero attached hydrogens (tertiary/aromatic N) is 1. The largest absolute Gasteiger partial charge is 0.352 e. The number of benzene rings is 1.